The van der Waals surface area contributed by atoms with E-state index < -0.39 is 0 Å². The van der Waals surface area contributed by atoms with Gasteiger partial charge in [-0.2, -0.15) is 0 Å². The lowest BCUT2D eigenvalue weighted by Gasteiger charge is -2.08. The first-order chi connectivity index (χ1) is 9.81. The molecule has 2 radical (unpaired) electrons. The molecular weight excluding hydrogens is 240 g/mol. The van der Waals surface area contributed by atoms with Gasteiger partial charge in [-0.25, -0.2) is 0 Å². The average molecular weight is 279 g/mol. The SMILES string of the molecule is [CH2]CCCCCC=CCC(C)CCCCCCCC[CH2]. The van der Waals surface area contributed by atoms with Crippen LogP contribution in [0.5, 0.6) is 0 Å². The quantitative estimate of drug-likeness (QED) is 0.217. The van der Waals surface area contributed by atoms with E-state index in [4.69, 9.17) is 0 Å². The molecule has 0 N–H and O–H groups in total. The minimum atomic E-state index is 0.867. The van der Waals surface area contributed by atoms with Crippen molar-refractivity contribution >= 4 is 0 Å². The summed E-state index contributed by atoms with van der Waals surface area (Å²) in [6, 6.07) is 0. The Hall–Kier alpha value is -0.260. The van der Waals surface area contributed by atoms with Gasteiger partial charge in [0.15, 0.2) is 0 Å². The summed E-state index contributed by atoms with van der Waals surface area (Å²) in [4.78, 5) is 0. The molecule has 0 amide bonds. The summed E-state index contributed by atoms with van der Waals surface area (Å²) in [7, 11) is 0. The Labute approximate surface area is 129 Å². The molecule has 0 aliphatic heterocycles. The van der Waals surface area contributed by atoms with Crippen molar-refractivity contribution in [2.45, 2.75) is 96.8 Å². The predicted molar refractivity (Wildman–Crippen MR) is 93.7 cm³/mol. The summed E-state index contributed by atoms with van der Waals surface area (Å²) in [5, 5.41) is 0. The van der Waals surface area contributed by atoms with E-state index in [0.29, 0.717) is 0 Å². The first-order valence-electron chi connectivity index (χ1n) is 9.04. The van der Waals surface area contributed by atoms with Gasteiger partial charge in [-0.1, -0.05) is 104 Å². The van der Waals surface area contributed by atoms with Crippen LogP contribution in [0.1, 0.15) is 96.8 Å². The van der Waals surface area contributed by atoms with Crippen LogP contribution in [0.3, 0.4) is 0 Å². The zero-order valence-electron chi connectivity index (χ0n) is 14.0. The number of hydrogen-bond acceptors (Lipinski definition) is 0. The Morgan fingerprint density at radius 1 is 0.700 bits per heavy atom. The van der Waals surface area contributed by atoms with Gasteiger partial charge >= 0.3 is 0 Å². The normalized spacial score (nSPS) is 13.2. The maximum atomic E-state index is 3.89. The molecule has 0 saturated carbocycles. The average Bonchev–Trinajstić information content (AvgIpc) is 2.45. The largest absolute Gasteiger partial charge is 0.0885 e. The second-order valence-electron chi connectivity index (χ2n) is 6.28. The highest BCUT2D eigenvalue weighted by Crippen LogP contribution is 2.15. The van der Waals surface area contributed by atoms with Gasteiger partial charge in [0.2, 0.25) is 0 Å². The van der Waals surface area contributed by atoms with Crippen molar-refractivity contribution in [2.75, 3.05) is 0 Å². The molecule has 0 nitrogen and oxygen atoms in total. The van der Waals surface area contributed by atoms with E-state index in [9.17, 15) is 0 Å². The van der Waals surface area contributed by atoms with E-state index in [0.717, 1.165) is 18.8 Å². The molecule has 0 heteroatoms. The summed E-state index contributed by atoms with van der Waals surface area (Å²) in [6.45, 7) is 10.2. The van der Waals surface area contributed by atoms with Gasteiger partial charge in [-0.15, -0.1) is 0 Å². The summed E-state index contributed by atoms with van der Waals surface area (Å²) in [5.74, 6) is 0.867. The number of allylic oxidation sites excluding steroid dienone is 2. The molecule has 0 rings (SSSR count). The van der Waals surface area contributed by atoms with Crippen LogP contribution < -0.4 is 0 Å². The molecule has 118 valence electrons. The number of rotatable bonds is 15. The second-order valence-corrected chi connectivity index (χ2v) is 6.28. The zero-order valence-corrected chi connectivity index (χ0v) is 14.0. The van der Waals surface area contributed by atoms with Crippen LogP contribution in [0.15, 0.2) is 12.2 Å². The predicted octanol–water partition coefficient (Wildman–Crippen LogP) is 7.31. The molecule has 0 aromatic carbocycles. The highest BCUT2D eigenvalue weighted by atomic mass is 14.1. The first-order valence-corrected chi connectivity index (χ1v) is 9.04. The van der Waals surface area contributed by atoms with Gasteiger partial charge in [-0.05, 0) is 25.2 Å². The molecular formula is C20H38. The van der Waals surface area contributed by atoms with Crippen LogP contribution in [-0.4, -0.2) is 0 Å². The van der Waals surface area contributed by atoms with E-state index in [1.165, 1.54) is 77.0 Å². The van der Waals surface area contributed by atoms with Crippen LogP contribution in [0.2, 0.25) is 0 Å². The molecule has 0 aromatic rings. The number of hydrogen-bond donors (Lipinski definition) is 0. The minimum Gasteiger partial charge on any atom is -0.0885 e. The molecule has 0 spiro atoms. The monoisotopic (exact) mass is 278 g/mol. The third kappa shape index (κ3) is 15.8. The minimum absolute atomic E-state index is 0.867. The third-order valence-electron chi connectivity index (χ3n) is 4.02. The van der Waals surface area contributed by atoms with Gasteiger partial charge in [0.05, 0.1) is 0 Å². The molecule has 1 unspecified atom stereocenters. The van der Waals surface area contributed by atoms with Crippen molar-refractivity contribution in [2.24, 2.45) is 5.92 Å². The van der Waals surface area contributed by atoms with E-state index in [-0.39, 0.29) is 0 Å². The molecule has 0 saturated heterocycles. The van der Waals surface area contributed by atoms with Crippen LogP contribution in [0.4, 0.5) is 0 Å². The molecule has 0 aliphatic rings. The Morgan fingerprint density at radius 3 is 1.90 bits per heavy atom. The van der Waals surface area contributed by atoms with Gasteiger partial charge in [-0.3, -0.25) is 0 Å². The van der Waals surface area contributed by atoms with Crippen molar-refractivity contribution in [1.29, 1.82) is 0 Å². The highest BCUT2D eigenvalue weighted by Gasteiger charge is 1.99. The summed E-state index contributed by atoms with van der Waals surface area (Å²) in [5.41, 5.74) is 0. The standard InChI is InChI=1S/C20H38/c1-4-6-8-10-12-14-16-18-20(3)19-17-15-13-11-9-7-5-2/h14,16,20H,1-2,4-13,15,17-19H2,3H3. The lowest BCUT2D eigenvalue weighted by Crippen LogP contribution is -1.92. The Balaban J connectivity index is 3.23. The van der Waals surface area contributed by atoms with Crippen molar-refractivity contribution < 1.29 is 0 Å². The third-order valence-corrected chi connectivity index (χ3v) is 4.02. The van der Waals surface area contributed by atoms with Gasteiger partial charge in [0.1, 0.15) is 0 Å². The molecule has 0 bridgehead atoms. The second kappa shape index (κ2) is 16.8. The summed E-state index contributed by atoms with van der Waals surface area (Å²) < 4.78 is 0. The Kier molecular flexibility index (Phi) is 16.6. The maximum absolute atomic E-state index is 3.89. The molecule has 0 aliphatic carbocycles. The highest BCUT2D eigenvalue weighted by molar-refractivity contribution is 4.83. The fourth-order valence-corrected chi connectivity index (χ4v) is 2.56. The van der Waals surface area contributed by atoms with E-state index in [1.54, 1.807) is 0 Å². The molecule has 0 fully saturated rings. The lowest BCUT2D eigenvalue weighted by molar-refractivity contribution is 0.486. The fraction of sp³-hybridized carbons (Fsp3) is 0.800. The van der Waals surface area contributed by atoms with Crippen LogP contribution >= 0.6 is 0 Å². The summed E-state index contributed by atoms with van der Waals surface area (Å²) in [6.07, 6.45) is 23.3. The van der Waals surface area contributed by atoms with E-state index in [1.807, 2.05) is 0 Å². The van der Waals surface area contributed by atoms with Crippen molar-refractivity contribution in [3.8, 4) is 0 Å². The smallest absolute Gasteiger partial charge is 0.0325 e. The van der Waals surface area contributed by atoms with Crippen molar-refractivity contribution in [3.63, 3.8) is 0 Å². The molecule has 0 aromatic heterocycles. The summed E-state index contributed by atoms with van der Waals surface area (Å²) >= 11 is 0. The Morgan fingerprint density at radius 2 is 1.25 bits per heavy atom. The van der Waals surface area contributed by atoms with Gasteiger partial charge in [0, 0.05) is 0 Å². The van der Waals surface area contributed by atoms with Crippen LogP contribution in [0, 0.1) is 19.8 Å². The molecule has 1 atom stereocenters. The van der Waals surface area contributed by atoms with Gasteiger partial charge in [0.25, 0.3) is 0 Å². The van der Waals surface area contributed by atoms with Crippen LogP contribution in [-0.2, 0) is 0 Å². The molecule has 20 heavy (non-hydrogen) atoms. The van der Waals surface area contributed by atoms with Gasteiger partial charge < -0.3 is 0 Å². The zero-order chi connectivity index (χ0) is 14.9. The fourth-order valence-electron chi connectivity index (χ4n) is 2.56. The van der Waals surface area contributed by atoms with Crippen LogP contribution in [0.25, 0.3) is 0 Å². The topological polar surface area (TPSA) is 0 Å². The van der Waals surface area contributed by atoms with E-state index in [2.05, 4.69) is 32.9 Å². The first kappa shape index (κ1) is 19.7. The lowest BCUT2D eigenvalue weighted by atomic mass is 9.98. The maximum Gasteiger partial charge on any atom is -0.0325 e. The molecule has 0 heterocycles. The van der Waals surface area contributed by atoms with E-state index >= 15 is 0 Å². The number of unbranched alkanes of at least 4 members (excludes halogenated alkanes) is 10. The Bertz CT molecular complexity index is 192. The van der Waals surface area contributed by atoms with Crippen molar-refractivity contribution in [1.82, 2.24) is 0 Å². The van der Waals surface area contributed by atoms with Crippen molar-refractivity contribution in [3.05, 3.63) is 26.0 Å².